The molecule has 8 nitrogen and oxygen atoms in total. The summed E-state index contributed by atoms with van der Waals surface area (Å²) in [5.74, 6) is -0.861. The van der Waals surface area contributed by atoms with Crippen LogP contribution in [0.1, 0.15) is 12.0 Å². The molecule has 0 unspecified atom stereocenters. The van der Waals surface area contributed by atoms with E-state index in [1.54, 1.807) is 18.2 Å². The number of carbonyl (C=O) groups excluding carboxylic acids is 3. The Kier molecular flexibility index (Phi) is 4.18. The van der Waals surface area contributed by atoms with Gasteiger partial charge in [-0.15, -0.1) is 0 Å². The molecule has 27 heavy (non-hydrogen) atoms. The number of primary amides is 1. The normalized spacial score (nSPS) is 28.3. The van der Waals surface area contributed by atoms with E-state index in [1.165, 1.54) is 13.3 Å². The standard InChI is InChI=1S/C19H19N3O5/c1-26-13-4-2-3-12(17(13)27-9-14(20)23)8-21-22-18(24)15-10-5-6-11(7-10)16(15)19(22)25/h2-6,8,10-11,15-16H,7,9H2,1H3,(H2,20,23)/t10-,11-,15-,16+/m0/s1. The molecule has 2 aliphatic carbocycles. The van der Waals surface area contributed by atoms with Crippen molar-refractivity contribution >= 4 is 23.9 Å². The molecule has 2 fully saturated rings. The molecular formula is C19H19N3O5. The molecular weight excluding hydrogens is 350 g/mol. The van der Waals surface area contributed by atoms with Gasteiger partial charge in [-0.1, -0.05) is 18.2 Å². The summed E-state index contributed by atoms with van der Waals surface area (Å²) in [7, 11) is 1.46. The van der Waals surface area contributed by atoms with Crippen LogP contribution in [0.3, 0.4) is 0 Å². The largest absolute Gasteiger partial charge is 0.493 e. The van der Waals surface area contributed by atoms with Crippen LogP contribution in [-0.2, 0) is 14.4 Å². The minimum absolute atomic E-state index is 0.128. The minimum Gasteiger partial charge on any atom is -0.493 e. The number of hydrogen-bond acceptors (Lipinski definition) is 6. The van der Waals surface area contributed by atoms with Gasteiger partial charge in [-0.25, -0.2) is 0 Å². The van der Waals surface area contributed by atoms with E-state index >= 15 is 0 Å². The molecule has 1 aliphatic heterocycles. The molecule has 8 heteroatoms. The SMILES string of the molecule is COc1cccc(C=NN2C(=O)[C@@H]3[C@H](C2=O)[C@H]2C=C[C@H]3C2)c1OCC(N)=O. The lowest BCUT2D eigenvalue weighted by Crippen LogP contribution is -2.28. The van der Waals surface area contributed by atoms with Gasteiger partial charge < -0.3 is 15.2 Å². The molecule has 0 radical (unpaired) electrons. The second-order valence-corrected chi connectivity index (χ2v) is 6.87. The van der Waals surface area contributed by atoms with Crippen LogP contribution < -0.4 is 15.2 Å². The molecule has 1 saturated heterocycles. The molecule has 0 spiro atoms. The number of imide groups is 1. The van der Waals surface area contributed by atoms with Gasteiger partial charge in [0.05, 0.1) is 25.2 Å². The zero-order valence-electron chi connectivity index (χ0n) is 14.7. The molecule has 4 atom stereocenters. The Morgan fingerprint density at radius 3 is 2.52 bits per heavy atom. The fraction of sp³-hybridized carbons (Fsp3) is 0.368. The van der Waals surface area contributed by atoms with Crippen molar-refractivity contribution in [3.63, 3.8) is 0 Å². The van der Waals surface area contributed by atoms with Gasteiger partial charge in [0.25, 0.3) is 17.7 Å². The number of hydrogen-bond donors (Lipinski definition) is 1. The number of rotatable bonds is 6. The predicted octanol–water partition coefficient (Wildman–Crippen LogP) is 0.700. The molecule has 4 rings (SSSR count). The molecule has 1 heterocycles. The minimum atomic E-state index is -0.635. The summed E-state index contributed by atoms with van der Waals surface area (Å²) >= 11 is 0. The number of ether oxygens (including phenoxy) is 2. The second kappa shape index (κ2) is 6.53. The van der Waals surface area contributed by atoms with Crippen LogP contribution in [0.2, 0.25) is 0 Å². The van der Waals surface area contributed by atoms with Gasteiger partial charge in [0.1, 0.15) is 0 Å². The lowest BCUT2D eigenvalue weighted by atomic mass is 9.85. The molecule has 1 aromatic rings. The fourth-order valence-corrected chi connectivity index (χ4v) is 4.21. The topological polar surface area (TPSA) is 111 Å². The van der Waals surface area contributed by atoms with E-state index in [-0.39, 0.29) is 47.8 Å². The highest BCUT2D eigenvalue weighted by molar-refractivity contribution is 6.07. The number of amides is 3. The van der Waals surface area contributed by atoms with Gasteiger partial charge in [0, 0.05) is 5.56 Å². The Balaban J connectivity index is 1.59. The third-order valence-corrected chi connectivity index (χ3v) is 5.35. The first-order chi connectivity index (χ1) is 13.0. The van der Waals surface area contributed by atoms with Crippen LogP contribution in [0, 0.1) is 23.7 Å². The summed E-state index contributed by atoms with van der Waals surface area (Å²) in [4.78, 5) is 36.4. The Labute approximate surface area is 155 Å². The number of nitrogens with two attached hydrogens (primary N) is 1. The van der Waals surface area contributed by atoms with Crippen molar-refractivity contribution in [3.05, 3.63) is 35.9 Å². The Bertz CT molecular complexity index is 848. The fourth-order valence-electron chi connectivity index (χ4n) is 4.21. The van der Waals surface area contributed by atoms with Crippen LogP contribution in [-0.4, -0.2) is 42.7 Å². The molecule has 2 N–H and O–H groups in total. The summed E-state index contributed by atoms with van der Waals surface area (Å²) in [5, 5.41) is 5.08. The molecule has 0 aromatic heterocycles. The van der Waals surface area contributed by atoms with Crippen LogP contribution in [0.5, 0.6) is 11.5 Å². The summed E-state index contributed by atoms with van der Waals surface area (Å²) < 4.78 is 10.7. The van der Waals surface area contributed by atoms with Gasteiger partial charge in [0.15, 0.2) is 18.1 Å². The van der Waals surface area contributed by atoms with E-state index in [1.807, 2.05) is 12.2 Å². The number of benzene rings is 1. The number of methoxy groups -OCH3 is 1. The van der Waals surface area contributed by atoms with E-state index in [9.17, 15) is 14.4 Å². The van der Waals surface area contributed by atoms with E-state index in [2.05, 4.69) is 5.10 Å². The highest BCUT2D eigenvalue weighted by atomic mass is 16.5. The van der Waals surface area contributed by atoms with E-state index in [0.717, 1.165) is 11.4 Å². The number of para-hydroxylation sites is 1. The summed E-state index contributed by atoms with van der Waals surface area (Å²) in [6.45, 7) is -0.331. The van der Waals surface area contributed by atoms with Crippen molar-refractivity contribution < 1.29 is 23.9 Å². The van der Waals surface area contributed by atoms with Crippen molar-refractivity contribution in [1.29, 1.82) is 0 Å². The first kappa shape index (κ1) is 17.3. The lowest BCUT2D eigenvalue weighted by Gasteiger charge is -2.13. The van der Waals surface area contributed by atoms with Crippen LogP contribution >= 0.6 is 0 Å². The van der Waals surface area contributed by atoms with Crippen molar-refractivity contribution in [2.45, 2.75) is 6.42 Å². The van der Waals surface area contributed by atoms with Crippen molar-refractivity contribution in [1.82, 2.24) is 5.01 Å². The molecule has 1 aromatic carbocycles. The van der Waals surface area contributed by atoms with Crippen molar-refractivity contribution in [2.24, 2.45) is 34.5 Å². The Hall–Kier alpha value is -3.16. The van der Waals surface area contributed by atoms with Gasteiger partial charge >= 0.3 is 0 Å². The molecule has 3 amide bonds. The maximum atomic E-state index is 12.7. The third kappa shape index (κ3) is 2.77. The Morgan fingerprint density at radius 1 is 1.26 bits per heavy atom. The maximum absolute atomic E-state index is 12.7. The molecule has 140 valence electrons. The van der Waals surface area contributed by atoms with E-state index < -0.39 is 5.91 Å². The third-order valence-electron chi connectivity index (χ3n) is 5.35. The molecule has 3 aliphatic rings. The van der Waals surface area contributed by atoms with E-state index in [4.69, 9.17) is 15.2 Å². The van der Waals surface area contributed by atoms with E-state index in [0.29, 0.717) is 11.3 Å². The first-order valence-corrected chi connectivity index (χ1v) is 8.69. The summed E-state index contributed by atoms with van der Waals surface area (Å²) in [6, 6.07) is 5.05. The van der Waals surface area contributed by atoms with Crippen LogP contribution in [0.15, 0.2) is 35.5 Å². The molecule has 2 bridgehead atoms. The van der Waals surface area contributed by atoms with Crippen molar-refractivity contribution in [3.8, 4) is 11.5 Å². The predicted molar refractivity (Wildman–Crippen MR) is 94.8 cm³/mol. The average Bonchev–Trinajstić information content (AvgIpc) is 3.33. The van der Waals surface area contributed by atoms with Crippen molar-refractivity contribution in [2.75, 3.05) is 13.7 Å². The lowest BCUT2D eigenvalue weighted by molar-refractivity contribution is -0.140. The first-order valence-electron chi connectivity index (χ1n) is 8.69. The number of nitrogens with zero attached hydrogens (tertiary/aromatic N) is 2. The zero-order chi connectivity index (χ0) is 19.1. The van der Waals surface area contributed by atoms with Crippen LogP contribution in [0.4, 0.5) is 0 Å². The highest BCUT2D eigenvalue weighted by Crippen LogP contribution is 2.52. The number of allylic oxidation sites excluding steroid dienone is 2. The quantitative estimate of drug-likeness (QED) is 0.451. The number of hydrazone groups is 1. The second-order valence-electron chi connectivity index (χ2n) is 6.87. The highest BCUT2D eigenvalue weighted by Gasteiger charge is 2.59. The van der Waals surface area contributed by atoms with Gasteiger partial charge in [-0.3, -0.25) is 14.4 Å². The van der Waals surface area contributed by atoms with Gasteiger partial charge in [-0.2, -0.15) is 10.1 Å². The maximum Gasteiger partial charge on any atom is 0.255 e. The summed E-state index contributed by atoms with van der Waals surface area (Å²) in [5.41, 5.74) is 5.60. The Morgan fingerprint density at radius 2 is 1.93 bits per heavy atom. The zero-order valence-corrected chi connectivity index (χ0v) is 14.7. The number of fused-ring (bicyclic) bond motifs is 5. The monoisotopic (exact) mass is 369 g/mol. The smallest absolute Gasteiger partial charge is 0.255 e. The van der Waals surface area contributed by atoms with Gasteiger partial charge in [0.2, 0.25) is 0 Å². The average molecular weight is 369 g/mol. The summed E-state index contributed by atoms with van der Waals surface area (Å²) in [6.07, 6.45) is 6.29. The van der Waals surface area contributed by atoms with Gasteiger partial charge in [-0.05, 0) is 30.4 Å². The van der Waals surface area contributed by atoms with Crippen LogP contribution in [0.25, 0.3) is 0 Å². The number of carbonyl (C=O) groups is 3. The molecule has 1 saturated carbocycles.